The summed E-state index contributed by atoms with van der Waals surface area (Å²) in [7, 11) is 0. The predicted molar refractivity (Wildman–Crippen MR) is 111 cm³/mol. The average molecular weight is 472 g/mol. The first-order chi connectivity index (χ1) is 15.2. The van der Waals surface area contributed by atoms with Crippen LogP contribution in [0.1, 0.15) is 25.7 Å². The quantitative estimate of drug-likeness (QED) is 0.620. The second-order valence-corrected chi connectivity index (χ2v) is 8.89. The summed E-state index contributed by atoms with van der Waals surface area (Å²) in [6.07, 6.45) is 2.56. The number of carbonyl (C=O) groups is 1. The number of hydrogen-bond acceptors (Lipinski definition) is 5. The highest BCUT2D eigenvalue weighted by Gasteiger charge is 2.34. The highest BCUT2D eigenvalue weighted by molar-refractivity contribution is 7.81. The smallest absolute Gasteiger partial charge is 0.406 e. The average Bonchev–Trinajstić information content (AvgIpc) is 3.42. The fourth-order valence-corrected chi connectivity index (χ4v) is 4.45. The summed E-state index contributed by atoms with van der Waals surface area (Å²) >= 11 is -2.68. The minimum Gasteiger partial charge on any atom is -0.406 e. The minimum absolute atomic E-state index is 0.0104. The van der Waals surface area contributed by atoms with Crippen LogP contribution in [-0.4, -0.2) is 43.7 Å². The zero-order valence-electron chi connectivity index (χ0n) is 17.1. The van der Waals surface area contributed by atoms with Crippen molar-refractivity contribution in [3.8, 4) is 5.75 Å². The summed E-state index contributed by atoms with van der Waals surface area (Å²) < 4.78 is 65.3. The Bertz CT molecular complexity index is 978. The maximum atomic E-state index is 13.1. The Kier molecular flexibility index (Phi) is 6.42. The van der Waals surface area contributed by atoms with Crippen molar-refractivity contribution in [1.82, 2.24) is 9.55 Å². The summed E-state index contributed by atoms with van der Waals surface area (Å²) in [5.74, 6) is -0.151. The molecule has 2 atom stereocenters. The molecule has 1 aromatic carbocycles. The number of anilines is 2. The normalized spacial score (nSPS) is 20.1. The fraction of sp³-hybridized carbons (Fsp3) is 0.500. The molecule has 0 bridgehead atoms. The van der Waals surface area contributed by atoms with E-state index in [0.29, 0.717) is 29.6 Å². The van der Waals surface area contributed by atoms with Gasteiger partial charge in [0.25, 0.3) is 11.3 Å². The summed E-state index contributed by atoms with van der Waals surface area (Å²) in [5, 5.41) is 0. The highest BCUT2D eigenvalue weighted by atomic mass is 32.2. The molecule has 4 rings (SSSR count). The molecule has 1 unspecified atom stereocenters. The van der Waals surface area contributed by atoms with E-state index in [9.17, 15) is 26.7 Å². The van der Waals surface area contributed by atoms with Crippen molar-refractivity contribution in [3.63, 3.8) is 0 Å². The van der Waals surface area contributed by atoms with E-state index in [0.717, 1.165) is 43.2 Å². The Hall–Kier alpha value is -2.60. The SMILES string of the molecule is O=C([C@@H]1CCCN(c2cn(CC3CC3)cn2)C1)N(c1ccc(OC(F)(F)F)cc1)S(=O)O. The van der Waals surface area contributed by atoms with Gasteiger partial charge in [-0.1, -0.05) is 0 Å². The first kappa shape index (κ1) is 22.6. The molecule has 1 N–H and O–H groups in total. The van der Waals surface area contributed by atoms with Gasteiger partial charge in [-0.2, -0.15) is 0 Å². The Labute approximate surface area is 185 Å². The van der Waals surface area contributed by atoms with Crippen molar-refractivity contribution in [2.75, 3.05) is 22.3 Å². The molecule has 1 saturated heterocycles. The lowest BCUT2D eigenvalue weighted by Crippen LogP contribution is -2.45. The Morgan fingerprint density at radius 2 is 1.97 bits per heavy atom. The summed E-state index contributed by atoms with van der Waals surface area (Å²) in [4.78, 5) is 19.5. The lowest BCUT2D eigenvalue weighted by molar-refractivity contribution is -0.274. The number of nitrogens with zero attached hydrogens (tertiary/aromatic N) is 4. The largest absolute Gasteiger partial charge is 0.573 e. The van der Waals surface area contributed by atoms with Gasteiger partial charge >= 0.3 is 6.36 Å². The van der Waals surface area contributed by atoms with E-state index in [2.05, 4.69) is 9.72 Å². The van der Waals surface area contributed by atoms with Crippen molar-refractivity contribution < 1.29 is 31.5 Å². The van der Waals surface area contributed by atoms with Crippen molar-refractivity contribution in [2.45, 2.75) is 38.6 Å². The van der Waals surface area contributed by atoms with E-state index in [1.54, 1.807) is 6.33 Å². The van der Waals surface area contributed by atoms with E-state index in [1.165, 1.54) is 12.8 Å². The number of ether oxygens (including phenoxy) is 1. The number of carbonyl (C=O) groups excluding carboxylic acids is 1. The number of imidazole rings is 1. The molecule has 174 valence electrons. The van der Waals surface area contributed by atoms with Gasteiger partial charge in [-0.15, -0.1) is 13.2 Å². The predicted octanol–water partition coefficient (Wildman–Crippen LogP) is 3.58. The van der Waals surface area contributed by atoms with Gasteiger partial charge in [0, 0.05) is 25.8 Å². The van der Waals surface area contributed by atoms with Gasteiger partial charge in [-0.3, -0.25) is 9.35 Å². The maximum absolute atomic E-state index is 13.1. The van der Waals surface area contributed by atoms with Crippen LogP contribution in [0.3, 0.4) is 0 Å². The van der Waals surface area contributed by atoms with Crippen LogP contribution >= 0.6 is 0 Å². The standard InChI is InChI=1S/C20H23F3N4O4S/c21-20(22,23)31-17-7-5-16(6-8-17)27(32(29)30)19(28)15-2-1-9-26(11-15)18-12-25(13-24-18)10-14-3-4-14/h5-8,12-15H,1-4,9-11H2,(H,29,30)/t15-/m1/s1. The lowest BCUT2D eigenvalue weighted by Gasteiger charge is -2.34. The van der Waals surface area contributed by atoms with Crippen LogP contribution in [0.15, 0.2) is 36.8 Å². The van der Waals surface area contributed by atoms with Crippen LogP contribution < -0.4 is 13.9 Å². The summed E-state index contributed by atoms with van der Waals surface area (Å²) in [5.41, 5.74) is 0.0104. The third-order valence-corrected chi connectivity index (χ3v) is 6.24. The summed E-state index contributed by atoms with van der Waals surface area (Å²) in [6.45, 7) is 1.98. The number of benzene rings is 1. The van der Waals surface area contributed by atoms with Crippen LogP contribution in [0.5, 0.6) is 5.75 Å². The number of piperidine rings is 1. The molecule has 12 heteroatoms. The van der Waals surface area contributed by atoms with Crippen LogP contribution in [0.25, 0.3) is 0 Å². The van der Waals surface area contributed by atoms with Gasteiger partial charge in [-0.25, -0.2) is 13.5 Å². The fourth-order valence-electron chi connectivity index (χ4n) is 3.84. The topological polar surface area (TPSA) is 87.9 Å². The third-order valence-electron chi connectivity index (χ3n) is 5.54. The second kappa shape index (κ2) is 9.10. The first-order valence-corrected chi connectivity index (χ1v) is 11.3. The molecule has 2 heterocycles. The van der Waals surface area contributed by atoms with Crippen molar-refractivity contribution in [3.05, 3.63) is 36.8 Å². The minimum atomic E-state index is -4.85. The molecule has 8 nitrogen and oxygen atoms in total. The van der Waals surface area contributed by atoms with Crippen molar-refractivity contribution in [1.29, 1.82) is 0 Å². The van der Waals surface area contributed by atoms with Crippen LogP contribution in [0, 0.1) is 11.8 Å². The Morgan fingerprint density at radius 1 is 1.25 bits per heavy atom. The maximum Gasteiger partial charge on any atom is 0.573 e. The highest BCUT2D eigenvalue weighted by Crippen LogP contribution is 2.32. The molecule has 2 aromatic rings. The molecular formula is C20H23F3N4O4S. The molecule has 1 amide bonds. The second-order valence-electron chi connectivity index (χ2n) is 8.06. The van der Waals surface area contributed by atoms with Crippen LogP contribution in [0.4, 0.5) is 24.7 Å². The van der Waals surface area contributed by atoms with E-state index in [-0.39, 0.29) is 5.69 Å². The number of aromatic nitrogens is 2. The molecule has 1 aliphatic heterocycles. The number of amides is 1. The van der Waals surface area contributed by atoms with Crippen molar-refractivity contribution in [2.24, 2.45) is 11.8 Å². The molecule has 1 aromatic heterocycles. The van der Waals surface area contributed by atoms with Gasteiger partial charge < -0.3 is 14.2 Å². The number of hydrogen-bond donors (Lipinski definition) is 1. The van der Waals surface area contributed by atoms with Gasteiger partial charge in [0.15, 0.2) is 0 Å². The molecule has 1 saturated carbocycles. The van der Waals surface area contributed by atoms with E-state index in [1.807, 2.05) is 15.7 Å². The monoisotopic (exact) mass is 472 g/mol. The first-order valence-electron chi connectivity index (χ1n) is 10.3. The molecule has 2 aliphatic rings. The van der Waals surface area contributed by atoms with Gasteiger partial charge in [0.1, 0.15) is 11.6 Å². The summed E-state index contributed by atoms with van der Waals surface area (Å²) in [6, 6.07) is 4.28. The van der Waals surface area contributed by atoms with Crippen LogP contribution in [-0.2, 0) is 22.6 Å². The third kappa shape index (κ3) is 5.60. The molecular weight excluding hydrogens is 449 g/mol. The van der Waals surface area contributed by atoms with Gasteiger partial charge in [0.2, 0.25) is 5.91 Å². The molecule has 0 spiro atoms. The number of halogens is 3. The van der Waals surface area contributed by atoms with Gasteiger partial charge in [-0.05, 0) is 55.9 Å². The van der Waals surface area contributed by atoms with Crippen molar-refractivity contribution >= 4 is 28.7 Å². The molecule has 2 fully saturated rings. The molecule has 1 aliphatic carbocycles. The Morgan fingerprint density at radius 3 is 2.59 bits per heavy atom. The molecule has 0 radical (unpaired) electrons. The van der Waals surface area contributed by atoms with Gasteiger partial charge in [0.05, 0.1) is 17.9 Å². The van der Waals surface area contributed by atoms with E-state index < -0.39 is 35.2 Å². The number of alkyl halides is 3. The van der Waals surface area contributed by atoms with E-state index >= 15 is 0 Å². The molecule has 32 heavy (non-hydrogen) atoms. The number of rotatable bonds is 7. The lowest BCUT2D eigenvalue weighted by atomic mass is 9.97. The van der Waals surface area contributed by atoms with E-state index in [4.69, 9.17) is 0 Å². The zero-order valence-corrected chi connectivity index (χ0v) is 17.9. The zero-order chi connectivity index (χ0) is 22.9. The Balaban J connectivity index is 1.45. The van der Waals surface area contributed by atoms with Crippen LogP contribution in [0.2, 0.25) is 0 Å².